The average Bonchev–Trinajstić information content (AvgIpc) is 3.07. The van der Waals surface area contributed by atoms with Crippen LogP contribution in [0.1, 0.15) is 23.7 Å². The third-order valence-corrected chi connectivity index (χ3v) is 4.83. The number of amides is 1. The molecule has 0 aliphatic carbocycles. The SMILES string of the molecule is O=C1CC(C(=O)NCc2cccc(Cl)c2)C(c2ccc3c(c2)OCCO3)O1. The number of ether oxygens (including phenoxy) is 3. The van der Waals surface area contributed by atoms with Crippen molar-refractivity contribution in [2.45, 2.75) is 19.1 Å². The summed E-state index contributed by atoms with van der Waals surface area (Å²) in [7, 11) is 0. The molecule has 0 saturated carbocycles. The quantitative estimate of drug-likeness (QED) is 0.816. The number of carbonyl (C=O) groups is 2. The highest BCUT2D eigenvalue weighted by Crippen LogP contribution is 2.40. The Kier molecular flexibility index (Phi) is 4.90. The van der Waals surface area contributed by atoms with Crippen LogP contribution in [0, 0.1) is 5.92 Å². The number of nitrogens with one attached hydrogen (secondary N) is 1. The van der Waals surface area contributed by atoms with Crippen molar-refractivity contribution >= 4 is 23.5 Å². The van der Waals surface area contributed by atoms with E-state index in [0.717, 1.165) is 5.56 Å². The van der Waals surface area contributed by atoms with Crippen LogP contribution < -0.4 is 14.8 Å². The van der Waals surface area contributed by atoms with E-state index in [9.17, 15) is 9.59 Å². The molecule has 1 N–H and O–H groups in total. The summed E-state index contributed by atoms with van der Waals surface area (Å²) in [5, 5.41) is 3.47. The van der Waals surface area contributed by atoms with Gasteiger partial charge in [-0.1, -0.05) is 29.8 Å². The van der Waals surface area contributed by atoms with Gasteiger partial charge in [0.05, 0.1) is 12.3 Å². The monoisotopic (exact) mass is 387 g/mol. The van der Waals surface area contributed by atoms with Gasteiger partial charge in [-0.05, 0) is 35.4 Å². The van der Waals surface area contributed by atoms with Crippen LogP contribution in [0.15, 0.2) is 42.5 Å². The van der Waals surface area contributed by atoms with Gasteiger partial charge in [-0.3, -0.25) is 9.59 Å². The van der Waals surface area contributed by atoms with E-state index in [1.54, 1.807) is 30.3 Å². The van der Waals surface area contributed by atoms with E-state index in [1.807, 2.05) is 12.1 Å². The fourth-order valence-electron chi connectivity index (χ4n) is 3.29. The molecule has 2 aromatic rings. The van der Waals surface area contributed by atoms with Crippen LogP contribution in [0.4, 0.5) is 0 Å². The molecule has 0 bridgehead atoms. The fourth-order valence-corrected chi connectivity index (χ4v) is 3.51. The second-order valence-electron chi connectivity index (χ2n) is 6.47. The molecule has 27 heavy (non-hydrogen) atoms. The van der Waals surface area contributed by atoms with Crippen LogP contribution in [0.3, 0.4) is 0 Å². The van der Waals surface area contributed by atoms with Crippen molar-refractivity contribution in [3.05, 3.63) is 58.6 Å². The summed E-state index contributed by atoms with van der Waals surface area (Å²) < 4.78 is 16.5. The van der Waals surface area contributed by atoms with Crippen molar-refractivity contribution in [3.8, 4) is 11.5 Å². The Hall–Kier alpha value is -2.73. The zero-order chi connectivity index (χ0) is 18.8. The topological polar surface area (TPSA) is 73.9 Å². The lowest BCUT2D eigenvalue weighted by Gasteiger charge is -2.22. The van der Waals surface area contributed by atoms with Gasteiger partial charge in [-0.25, -0.2) is 0 Å². The predicted molar refractivity (Wildman–Crippen MR) is 97.7 cm³/mol. The highest BCUT2D eigenvalue weighted by atomic mass is 35.5. The Bertz CT molecular complexity index is 884. The van der Waals surface area contributed by atoms with Crippen LogP contribution in [0.25, 0.3) is 0 Å². The van der Waals surface area contributed by atoms with Crippen molar-refractivity contribution in [1.29, 1.82) is 0 Å². The molecule has 0 aromatic heterocycles. The van der Waals surface area contributed by atoms with Gasteiger partial charge in [0.2, 0.25) is 5.91 Å². The van der Waals surface area contributed by atoms with E-state index in [2.05, 4.69) is 5.32 Å². The van der Waals surface area contributed by atoms with E-state index in [-0.39, 0.29) is 12.3 Å². The molecule has 1 fully saturated rings. The van der Waals surface area contributed by atoms with Gasteiger partial charge in [-0.15, -0.1) is 0 Å². The summed E-state index contributed by atoms with van der Waals surface area (Å²) in [6, 6.07) is 12.6. The lowest BCUT2D eigenvalue weighted by molar-refractivity contribution is -0.141. The van der Waals surface area contributed by atoms with E-state index in [4.69, 9.17) is 25.8 Å². The van der Waals surface area contributed by atoms with Gasteiger partial charge in [0.15, 0.2) is 11.5 Å². The van der Waals surface area contributed by atoms with Gasteiger partial charge in [-0.2, -0.15) is 0 Å². The number of rotatable bonds is 4. The lowest BCUT2D eigenvalue weighted by atomic mass is 9.94. The predicted octanol–water partition coefficient (Wildman–Crippen LogP) is 3.03. The minimum atomic E-state index is -0.646. The van der Waals surface area contributed by atoms with Crippen molar-refractivity contribution in [3.63, 3.8) is 0 Å². The molecule has 2 heterocycles. The Balaban J connectivity index is 1.49. The van der Waals surface area contributed by atoms with Gasteiger partial charge >= 0.3 is 5.97 Å². The number of esters is 1. The standard InChI is InChI=1S/C20H18ClNO5/c21-14-3-1-2-12(8-14)11-22-20(24)15-10-18(23)27-19(15)13-4-5-16-17(9-13)26-7-6-25-16/h1-5,8-9,15,19H,6-7,10-11H2,(H,22,24). The van der Waals surface area contributed by atoms with Crippen LogP contribution in [0.2, 0.25) is 5.02 Å². The Morgan fingerprint density at radius 2 is 1.93 bits per heavy atom. The summed E-state index contributed by atoms with van der Waals surface area (Å²) in [6.07, 6.45) is -0.604. The zero-order valence-electron chi connectivity index (χ0n) is 14.4. The van der Waals surface area contributed by atoms with E-state index in [0.29, 0.717) is 41.8 Å². The lowest BCUT2D eigenvalue weighted by Crippen LogP contribution is -2.32. The first-order chi connectivity index (χ1) is 13.1. The molecule has 0 spiro atoms. The molecule has 2 aromatic carbocycles. The highest BCUT2D eigenvalue weighted by molar-refractivity contribution is 6.30. The molecule has 1 saturated heterocycles. The molecule has 7 heteroatoms. The maximum atomic E-state index is 12.7. The van der Waals surface area contributed by atoms with Crippen molar-refractivity contribution in [2.24, 2.45) is 5.92 Å². The normalized spacial score (nSPS) is 20.9. The summed E-state index contributed by atoms with van der Waals surface area (Å²) in [6.45, 7) is 1.29. The molecule has 2 atom stereocenters. The Morgan fingerprint density at radius 1 is 1.11 bits per heavy atom. The molecule has 6 nitrogen and oxygen atoms in total. The molecule has 2 aliphatic rings. The van der Waals surface area contributed by atoms with Crippen LogP contribution >= 0.6 is 11.6 Å². The maximum Gasteiger partial charge on any atom is 0.307 e. The fraction of sp³-hybridized carbons (Fsp3) is 0.300. The minimum Gasteiger partial charge on any atom is -0.486 e. The molecular weight excluding hydrogens is 370 g/mol. The Morgan fingerprint density at radius 3 is 2.74 bits per heavy atom. The smallest absolute Gasteiger partial charge is 0.307 e. The largest absolute Gasteiger partial charge is 0.486 e. The number of halogens is 1. The van der Waals surface area contributed by atoms with Crippen LogP contribution in [0.5, 0.6) is 11.5 Å². The van der Waals surface area contributed by atoms with Crippen molar-refractivity contribution in [1.82, 2.24) is 5.32 Å². The summed E-state index contributed by atoms with van der Waals surface area (Å²) in [5.41, 5.74) is 1.60. The molecule has 1 amide bonds. The van der Waals surface area contributed by atoms with Crippen molar-refractivity contribution < 1.29 is 23.8 Å². The Labute approximate surface area is 161 Å². The van der Waals surface area contributed by atoms with Gasteiger partial charge in [0.1, 0.15) is 19.3 Å². The minimum absolute atomic E-state index is 0.0422. The molecule has 2 aliphatic heterocycles. The summed E-state index contributed by atoms with van der Waals surface area (Å²) in [5.74, 6) is 0.0221. The molecule has 2 unspecified atom stereocenters. The number of cyclic esters (lactones) is 1. The third kappa shape index (κ3) is 3.85. The second-order valence-corrected chi connectivity index (χ2v) is 6.91. The maximum absolute atomic E-state index is 12.7. The number of benzene rings is 2. The highest BCUT2D eigenvalue weighted by Gasteiger charge is 2.41. The first-order valence-corrected chi connectivity index (χ1v) is 9.09. The number of hydrogen-bond donors (Lipinski definition) is 1. The average molecular weight is 388 g/mol. The van der Waals surface area contributed by atoms with Crippen molar-refractivity contribution in [2.75, 3.05) is 13.2 Å². The van der Waals surface area contributed by atoms with Gasteiger partial charge in [0.25, 0.3) is 0 Å². The summed E-state index contributed by atoms with van der Waals surface area (Å²) >= 11 is 5.97. The second kappa shape index (κ2) is 7.48. The zero-order valence-corrected chi connectivity index (χ0v) is 15.2. The third-order valence-electron chi connectivity index (χ3n) is 4.60. The van der Waals surface area contributed by atoms with Gasteiger partial charge in [0, 0.05) is 11.6 Å². The van der Waals surface area contributed by atoms with Gasteiger partial charge < -0.3 is 19.5 Å². The number of fused-ring (bicyclic) bond motifs is 1. The van der Waals surface area contributed by atoms with E-state index >= 15 is 0 Å². The van der Waals surface area contributed by atoms with Crippen LogP contribution in [-0.2, 0) is 20.9 Å². The van der Waals surface area contributed by atoms with E-state index in [1.165, 1.54) is 0 Å². The molecule has 4 rings (SSSR count). The van der Waals surface area contributed by atoms with Crippen LogP contribution in [-0.4, -0.2) is 25.1 Å². The molecular formula is C20H18ClNO5. The van der Waals surface area contributed by atoms with E-state index < -0.39 is 18.0 Å². The number of carbonyl (C=O) groups excluding carboxylic acids is 2. The molecule has 0 radical (unpaired) electrons. The first-order valence-electron chi connectivity index (χ1n) is 8.71. The molecule has 140 valence electrons. The summed E-state index contributed by atoms with van der Waals surface area (Å²) in [4.78, 5) is 24.6. The first kappa shape index (κ1) is 17.7. The number of hydrogen-bond acceptors (Lipinski definition) is 5.